The third-order valence-electron chi connectivity index (χ3n) is 3.41. The van der Waals surface area contributed by atoms with Crippen LogP contribution in [0, 0.1) is 11.8 Å². The van der Waals surface area contributed by atoms with E-state index in [2.05, 4.69) is 19.2 Å². The van der Waals surface area contributed by atoms with Gasteiger partial charge in [0.2, 0.25) is 5.91 Å². The van der Waals surface area contributed by atoms with Crippen LogP contribution in [0.5, 0.6) is 5.75 Å². The Morgan fingerprint density at radius 1 is 1.18 bits per heavy atom. The SMILES string of the molecule is COc1ccc(C(NC(=O)CC(C)CC(C)C)C(=O)O)cc1. The molecular formula is C17H25NO4. The highest BCUT2D eigenvalue weighted by molar-refractivity contribution is 5.84. The van der Waals surface area contributed by atoms with Gasteiger partial charge in [-0.1, -0.05) is 32.9 Å². The van der Waals surface area contributed by atoms with Crippen molar-refractivity contribution in [3.8, 4) is 5.75 Å². The molecule has 0 radical (unpaired) electrons. The highest BCUT2D eigenvalue weighted by atomic mass is 16.5. The summed E-state index contributed by atoms with van der Waals surface area (Å²) in [5.74, 6) is 0.0705. The van der Waals surface area contributed by atoms with Crippen molar-refractivity contribution in [1.82, 2.24) is 5.32 Å². The number of rotatable bonds is 8. The first kappa shape index (κ1) is 18.0. The van der Waals surface area contributed by atoms with Crippen LogP contribution >= 0.6 is 0 Å². The lowest BCUT2D eigenvalue weighted by Crippen LogP contribution is -2.34. The first-order chi connectivity index (χ1) is 10.3. The molecule has 1 aromatic carbocycles. The van der Waals surface area contributed by atoms with Gasteiger partial charge in [-0.2, -0.15) is 0 Å². The average Bonchev–Trinajstić information content (AvgIpc) is 2.43. The molecule has 0 aliphatic heterocycles. The molecule has 2 unspecified atom stereocenters. The lowest BCUT2D eigenvalue weighted by atomic mass is 9.95. The van der Waals surface area contributed by atoms with Gasteiger partial charge in [0.15, 0.2) is 6.04 Å². The monoisotopic (exact) mass is 307 g/mol. The van der Waals surface area contributed by atoms with Crippen molar-refractivity contribution in [3.63, 3.8) is 0 Å². The number of aliphatic carboxylic acids is 1. The summed E-state index contributed by atoms with van der Waals surface area (Å²) in [7, 11) is 1.54. The van der Waals surface area contributed by atoms with E-state index in [4.69, 9.17) is 4.74 Å². The number of carboxylic acid groups (broad SMARTS) is 1. The van der Waals surface area contributed by atoms with Crippen molar-refractivity contribution in [2.45, 2.75) is 39.7 Å². The second-order valence-corrected chi connectivity index (χ2v) is 6.05. The highest BCUT2D eigenvalue weighted by Crippen LogP contribution is 2.19. The zero-order valence-electron chi connectivity index (χ0n) is 13.6. The maximum Gasteiger partial charge on any atom is 0.330 e. The second kappa shape index (κ2) is 8.41. The largest absolute Gasteiger partial charge is 0.497 e. The lowest BCUT2D eigenvalue weighted by Gasteiger charge is -2.18. The fourth-order valence-corrected chi connectivity index (χ4v) is 2.51. The van der Waals surface area contributed by atoms with E-state index in [1.165, 1.54) is 0 Å². The minimum atomic E-state index is -1.07. The highest BCUT2D eigenvalue weighted by Gasteiger charge is 2.23. The van der Waals surface area contributed by atoms with Crippen molar-refractivity contribution in [3.05, 3.63) is 29.8 Å². The van der Waals surface area contributed by atoms with E-state index in [0.29, 0.717) is 23.7 Å². The number of nitrogens with one attached hydrogen (secondary N) is 1. The van der Waals surface area contributed by atoms with Crippen LogP contribution in [0.15, 0.2) is 24.3 Å². The molecule has 0 spiro atoms. The number of carbonyl (C=O) groups excluding carboxylic acids is 1. The van der Waals surface area contributed by atoms with Gasteiger partial charge in [0.25, 0.3) is 0 Å². The molecular weight excluding hydrogens is 282 g/mol. The van der Waals surface area contributed by atoms with E-state index in [-0.39, 0.29) is 11.8 Å². The molecule has 22 heavy (non-hydrogen) atoms. The van der Waals surface area contributed by atoms with Crippen LogP contribution in [-0.2, 0) is 9.59 Å². The van der Waals surface area contributed by atoms with E-state index < -0.39 is 12.0 Å². The predicted molar refractivity (Wildman–Crippen MR) is 84.7 cm³/mol. The van der Waals surface area contributed by atoms with Crippen LogP contribution in [-0.4, -0.2) is 24.1 Å². The maximum atomic E-state index is 12.0. The van der Waals surface area contributed by atoms with Crippen LogP contribution in [0.2, 0.25) is 0 Å². The summed E-state index contributed by atoms with van der Waals surface area (Å²) in [6.07, 6.45) is 1.27. The minimum absolute atomic E-state index is 0.227. The fourth-order valence-electron chi connectivity index (χ4n) is 2.51. The Balaban J connectivity index is 2.71. The first-order valence-corrected chi connectivity index (χ1v) is 7.49. The van der Waals surface area contributed by atoms with Crippen LogP contribution in [0.1, 0.15) is 45.2 Å². The van der Waals surface area contributed by atoms with E-state index in [1.54, 1.807) is 31.4 Å². The number of benzene rings is 1. The number of carboxylic acids is 1. The molecule has 0 aliphatic carbocycles. The number of carbonyl (C=O) groups is 2. The standard InChI is InChI=1S/C17H25NO4/c1-11(2)9-12(3)10-15(19)18-16(17(20)21)13-5-7-14(22-4)8-6-13/h5-8,11-12,16H,9-10H2,1-4H3,(H,18,19)(H,20,21). The molecule has 2 atom stereocenters. The third kappa shape index (κ3) is 5.76. The van der Waals surface area contributed by atoms with Gasteiger partial charge in [0.05, 0.1) is 7.11 Å². The molecule has 0 aromatic heterocycles. The summed E-state index contributed by atoms with van der Waals surface area (Å²) in [5, 5.41) is 11.9. The van der Waals surface area contributed by atoms with Gasteiger partial charge in [-0.05, 0) is 36.0 Å². The summed E-state index contributed by atoms with van der Waals surface area (Å²) >= 11 is 0. The van der Waals surface area contributed by atoms with Gasteiger partial charge < -0.3 is 15.2 Å². The van der Waals surface area contributed by atoms with E-state index in [0.717, 1.165) is 6.42 Å². The first-order valence-electron chi connectivity index (χ1n) is 7.49. The molecule has 122 valence electrons. The van der Waals surface area contributed by atoms with Crippen molar-refractivity contribution in [2.24, 2.45) is 11.8 Å². The molecule has 1 amide bonds. The quantitative estimate of drug-likeness (QED) is 0.774. The molecule has 5 heteroatoms. The molecule has 0 aliphatic rings. The Hall–Kier alpha value is -2.04. The van der Waals surface area contributed by atoms with Gasteiger partial charge in [0.1, 0.15) is 5.75 Å². The van der Waals surface area contributed by atoms with Gasteiger partial charge >= 0.3 is 5.97 Å². The smallest absolute Gasteiger partial charge is 0.330 e. The predicted octanol–water partition coefficient (Wildman–Crippen LogP) is 3.01. The van der Waals surface area contributed by atoms with Crippen molar-refractivity contribution in [2.75, 3.05) is 7.11 Å². The molecule has 2 N–H and O–H groups in total. The molecule has 1 rings (SSSR count). The van der Waals surface area contributed by atoms with E-state index in [9.17, 15) is 14.7 Å². The number of ether oxygens (including phenoxy) is 1. The normalized spacial score (nSPS) is 13.5. The Morgan fingerprint density at radius 3 is 2.23 bits per heavy atom. The summed E-state index contributed by atoms with van der Waals surface area (Å²) in [5.41, 5.74) is 0.526. The van der Waals surface area contributed by atoms with Crippen molar-refractivity contribution < 1.29 is 19.4 Å². The van der Waals surface area contributed by atoms with E-state index >= 15 is 0 Å². The van der Waals surface area contributed by atoms with Gasteiger partial charge in [0, 0.05) is 6.42 Å². The van der Waals surface area contributed by atoms with Crippen LogP contribution in [0.4, 0.5) is 0 Å². The average molecular weight is 307 g/mol. The Kier molecular flexibility index (Phi) is 6.89. The minimum Gasteiger partial charge on any atom is -0.497 e. The summed E-state index contributed by atoms with van der Waals surface area (Å²) in [6.45, 7) is 6.21. The molecule has 5 nitrogen and oxygen atoms in total. The summed E-state index contributed by atoms with van der Waals surface area (Å²) in [6, 6.07) is 5.62. The summed E-state index contributed by atoms with van der Waals surface area (Å²) in [4.78, 5) is 23.5. The number of hydrogen-bond donors (Lipinski definition) is 2. The molecule has 0 heterocycles. The van der Waals surface area contributed by atoms with Gasteiger partial charge in [-0.15, -0.1) is 0 Å². The van der Waals surface area contributed by atoms with Crippen LogP contribution in [0.25, 0.3) is 0 Å². The summed E-state index contributed by atoms with van der Waals surface area (Å²) < 4.78 is 5.05. The fraction of sp³-hybridized carbons (Fsp3) is 0.529. The number of methoxy groups -OCH3 is 1. The van der Waals surface area contributed by atoms with Crippen molar-refractivity contribution in [1.29, 1.82) is 0 Å². The topological polar surface area (TPSA) is 75.6 Å². The zero-order valence-corrected chi connectivity index (χ0v) is 13.6. The molecule has 1 aromatic rings. The number of amides is 1. The van der Waals surface area contributed by atoms with Crippen LogP contribution < -0.4 is 10.1 Å². The Morgan fingerprint density at radius 2 is 1.77 bits per heavy atom. The second-order valence-electron chi connectivity index (χ2n) is 6.05. The molecule has 0 saturated carbocycles. The van der Waals surface area contributed by atoms with Gasteiger partial charge in [-0.25, -0.2) is 4.79 Å². The molecule has 0 bridgehead atoms. The maximum absolute atomic E-state index is 12.0. The zero-order chi connectivity index (χ0) is 16.7. The van der Waals surface area contributed by atoms with Gasteiger partial charge in [-0.3, -0.25) is 4.79 Å². The van der Waals surface area contributed by atoms with Crippen molar-refractivity contribution >= 4 is 11.9 Å². The Bertz CT molecular complexity index is 496. The van der Waals surface area contributed by atoms with E-state index in [1.807, 2.05) is 6.92 Å². The molecule has 0 saturated heterocycles. The Labute approximate surface area is 131 Å². The van der Waals surface area contributed by atoms with Crippen LogP contribution in [0.3, 0.4) is 0 Å². The third-order valence-corrected chi connectivity index (χ3v) is 3.41. The molecule has 0 fully saturated rings. The number of hydrogen-bond acceptors (Lipinski definition) is 3. The lowest BCUT2D eigenvalue weighted by molar-refractivity contribution is -0.142.